The number of nitrogens with zero attached hydrogens (tertiary/aromatic N) is 1. The van der Waals surface area contributed by atoms with E-state index in [1.165, 1.54) is 0 Å². The van der Waals surface area contributed by atoms with Gasteiger partial charge in [0.1, 0.15) is 5.71 Å². The van der Waals surface area contributed by atoms with Crippen LogP contribution in [0.15, 0.2) is 59.7 Å². The number of carboxylic acid groups (broad SMARTS) is 1. The summed E-state index contributed by atoms with van der Waals surface area (Å²) in [5.41, 5.74) is 4.45. The Morgan fingerprint density at radius 3 is 2.27 bits per heavy atom. The number of aryl methyl sites for hydroxylation is 1. The summed E-state index contributed by atoms with van der Waals surface area (Å²) in [5.74, 6) is -1.60. The van der Waals surface area contributed by atoms with Gasteiger partial charge in [0.25, 0.3) is 5.91 Å². The molecule has 0 aliphatic heterocycles. The Kier molecular flexibility index (Phi) is 5.03. The summed E-state index contributed by atoms with van der Waals surface area (Å²) in [5, 5.41) is 12.9. The molecule has 5 nitrogen and oxygen atoms in total. The first-order chi connectivity index (χ1) is 10.6. The van der Waals surface area contributed by atoms with E-state index in [0.29, 0.717) is 5.56 Å². The fourth-order valence-corrected chi connectivity index (χ4v) is 1.84. The molecule has 0 radical (unpaired) electrons. The van der Waals surface area contributed by atoms with Gasteiger partial charge >= 0.3 is 5.97 Å². The van der Waals surface area contributed by atoms with E-state index in [-0.39, 0.29) is 12.1 Å². The number of carbonyl (C=O) groups excluding carboxylic acids is 1. The van der Waals surface area contributed by atoms with Crippen LogP contribution in [0.3, 0.4) is 0 Å². The van der Waals surface area contributed by atoms with E-state index in [1.54, 1.807) is 36.4 Å². The third kappa shape index (κ3) is 4.28. The molecule has 0 spiro atoms. The molecule has 2 N–H and O–H groups in total. The highest BCUT2D eigenvalue weighted by Gasteiger charge is 2.12. The molecular formula is C17H16N2O3. The van der Waals surface area contributed by atoms with Crippen molar-refractivity contribution in [2.24, 2.45) is 5.10 Å². The standard InChI is InChI=1S/C17H16N2O3/c1-12-7-9-14(10-8-12)16(20)19-18-15(17(21)22)11-13-5-3-2-4-6-13/h2-10H,11H2,1H3,(H,19,20)(H,21,22)/b18-15+. The average Bonchev–Trinajstić information content (AvgIpc) is 2.52. The van der Waals surface area contributed by atoms with E-state index >= 15 is 0 Å². The molecule has 1 amide bonds. The van der Waals surface area contributed by atoms with E-state index in [0.717, 1.165) is 11.1 Å². The van der Waals surface area contributed by atoms with E-state index in [9.17, 15) is 14.7 Å². The number of rotatable bonds is 5. The third-order valence-electron chi connectivity index (χ3n) is 3.07. The van der Waals surface area contributed by atoms with Crippen molar-refractivity contribution in [2.45, 2.75) is 13.3 Å². The molecule has 0 bridgehead atoms. The molecule has 2 aromatic carbocycles. The number of benzene rings is 2. The summed E-state index contributed by atoms with van der Waals surface area (Å²) in [6.45, 7) is 1.92. The molecule has 0 aromatic heterocycles. The van der Waals surface area contributed by atoms with Crippen LogP contribution in [0.25, 0.3) is 0 Å². The molecule has 0 unspecified atom stereocenters. The van der Waals surface area contributed by atoms with Crippen LogP contribution in [-0.2, 0) is 11.2 Å². The first-order valence-electron chi connectivity index (χ1n) is 6.77. The SMILES string of the molecule is Cc1ccc(C(=O)N/N=C(\Cc2ccccc2)C(=O)O)cc1. The molecule has 0 saturated heterocycles. The quantitative estimate of drug-likeness (QED) is 0.657. The van der Waals surface area contributed by atoms with Crippen LogP contribution in [-0.4, -0.2) is 22.7 Å². The second-order valence-electron chi connectivity index (χ2n) is 4.83. The van der Waals surface area contributed by atoms with E-state index in [1.807, 2.05) is 25.1 Å². The van der Waals surface area contributed by atoms with Crippen molar-refractivity contribution in [1.29, 1.82) is 0 Å². The highest BCUT2D eigenvalue weighted by atomic mass is 16.4. The number of aliphatic carboxylic acids is 1. The zero-order chi connectivity index (χ0) is 15.9. The minimum atomic E-state index is -1.16. The third-order valence-corrected chi connectivity index (χ3v) is 3.07. The second kappa shape index (κ2) is 7.17. The molecule has 0 fully saturated rings. The monoisotopic (exact) mass is 296 g/mol. The Morgan fingerprint density at radius 2 is 1.68 bits per heavy atom. The van der Waals surface area contributed by atoms with Gasteiger partial charge in [-0.1, -0.05) is 48.0 Å². The van der Waals surface area contributed by atoms with Gasteiger partial charge in [0.2, 0.25) is 0 Å². The Labute approximate surface area is 128 Å². The zero-order valence-electron chi connectivity index (χ0n) is 12.1. The first-order valence-corrected chi connectivity index (χ1v) is 6.77. The van der Waals surface area contributed by atoms with Crippen LogP contribution in [0.2, 0.25) is 0 Å². The van der Waals surface area contributed by atoms with Crippen molar-refractivity contribution in [3.63, 3.8) is 0 Å². The molecule has 0 atom stereocenters. The molecule has 0 heterocycles. The highest BCUT2D eigenvalue weighted by Crippen LogP contribution is 2.04. The maximum absolute atomic E-state index is 11.9. The molecular weight excluding hydrogens is 280 g/mol. The van der Waals surface area contributed by atoms with Gasteiger partial charge in [0, 0.05) is 12.0 Å². The molecule has 112 valence electrons. The summed E-state index contributed by atoms with van der Waals surface area (Å²) in [4.78, 5) is 23.1. The van der Waals surface area contributed by atoms with E-state index < -0.39 is 11.9 Å². The first kappa shape index (κ1) is 15.4. The summed E-state index contributed by atoms with van der Waals surface area (Å²) >= 11 is 0. The van der Waals surface area contributed by atoms with Gasteiger partial charge in [-0.15, -0.1) is 0 Å². The maximum atomic E-state index is 11.9. The summed E-state index contributed by atoms with van der Waals surface area (Å²) in [7, 11) is 0. The van der Waals surface area contributed by atoms with Crippen molar-refractivity contribution in [3.05, 3.63) is 71.3 Å². The fraction of sp³-hybridized carbons (Fsp3) is 0.118. The Hall–Kier alpha value is -2.95. The van der Waals surface area contributed by atoms with Crippen molar-refractivity contribution < 1.29 is 14.7 Å². The molecule has 0 aliphatic rings. The lowest BCUT2D eigenvalue weighted by molar-refractivity contribution is -0.129. The van der Waals surface area contributed by atoms with Gasteiger partial charge < -0.3 is 5.11 Å². The van der Waals surface area contributed by atoms with Crippen LogP contribution in [0.4, 0.5) is 0 Å². The fourth-order valence-electron chi connectivity index (χ4n) is 1.84. The molecule has 2 aromatic rings. The number of hydrazone groups is 1. The number of carbonyl (C=O) groups is 2. The van der Waals surface area contributed by atoms with Gasteiger partial charge in [0.05, 0.1) is 0 Å². The summed E-state index contributed by atoms with van der Waals surface area (Å²) in [6.07, 6.45) is 0.143. The van der Waals surface area contributed by atoms with Gasteiger partial charge in [-0.25, -0.2) is 10.2 Å². The number of amides is 1. The van der Waals surface area contributed by atoms with Crippen LogP contribution < -0.4 is 5.43 Å². The Bertz CT molecular complexity index is 692. The predicted molar refractivity (Wildman–Crippen MR) is 83.9 cm³/mol. The van der Waals surface area contributed by atoms with E-state index in [2.05, 4.69) is 10.5 Å². The number of hydrogen-bond acceptors (Lipinski definition) is 3. The van der Waals surface area contributed by atoms with Crippen molar-refractivity contribution >= 4 is 17.6 Å². The molecule has 2 rings (SSSR count). The summed E-state index contributed by atoms with van der Waals surface area (Å²) < 4.78 is 0. The molecule has 22 heavy (non-hydrogen) atoms. The second-order valence-corrected chi connectivity index (χ2v) is 4.83. The minimum Gasteiger partial charge on any atom is -0.477 e. The predicted octanol–water partition coefficient (Wildman–Crippen LogP) is 2.41. The van der Waals surface area contributed by atoms with Crippen molar-refractivity contribution in [2.75, 3.05) is 0 Å². The Balaban J connectivity index is 2.08. The van der Waals surface area contributed by atoms with Crippen LogP contribution in [0, 0.1) is 6.92 Å². The average molecular weight is 296 g/mol. The molecule has 0 aliphatic carbocycles. The summed E-state index contributed by atoms with van der Waals surface area (Å²) in [6, 6.07) is 16.0. The minimum absolute atomic E-state index is 0.119. The van der Waals surface area contributed by atoms with Crippen LogP contribution in [0.1, 0.15) is 21.5 Å². The van der Waals surface area contributed by atoms with Crippen LogP contribution in [0.5, 0.6) is 0 Å². The van der Waals surface area contributed by atoms with Gasteiger partial charge in [-0.3, -0.25) is 4.79 Å². The highest BCUT2D eigenvalue weighted by molar-refractivity contribution is 6.36. The number of nitrogens with one attached hydrogen (secondary N) is 1. The van der Waals surface area contributed by atoms with E-state index in [4.69, 9.17) is 0 Å². The normalized spacial score (nSPS) is 11.0. The lowest BCUT2D eigenvalue weighted by Gasteiger charge is -2.04. The van der Waals surface area contributed by atoms with Crippen molar-refractivity contribution in [1.82, 2.24) is 5.43 Å². The smallest absolute Gasteiger partial charge is 0.352 e. The zero-order valence-corrected chi connectivity index (χ0v) is 12.1. The number of hydrogen-bond donors (Lipinski definition) is 2. The van der Waals surface area contributed by atoms with Gasteiger partial charge in [0.15, 0.2) is 0 Å². The van der Waals surface area contributed by atoms with Crippen molar-refractivity contribution in [3.8, 4) is 0 Å². The Morgan fingerprint density at radius 1 is 1.05 bits per heavy atom. The molecule has 5 heteroatoms. The number of carboxylic acids is 1. The van der Waals surface area contributed by atoms with Gasteiger partial charge in [-0.2, -0.15) is 5.10 Å². The topological polar surface area (TPSA) is 78.8 Å². The maximum Gasteiger partial charge on any atom is 0.352 e. The van der Waals surface area contributed by atoms with Gasteiger partial charge in [-0.05, 0) is 24.6 Å². The lowest BCUT2D eigenvalue weighted by Crippen LogP contribution is -2.24. The largest absolute Gasteiger partial charge is 0.477 e. The van der Waals surface area contributed by atoms with Crippen LogP contribution >= 0.6 is 0 Å². The molecule has 0 saturated carbocycles. The lowest BCUT2D eigenvalue weighted by atomic mass is 10.1.